The highest BCUT2D eigenvalue weighted by molar-refractivity contribution is 5.89. The molecule has 1 aliphatic heterocycles. The third-order valence-corrected chi connectivity index (χ3v) is 3.97. The third-order valence-electron chi connectivity index (χ3n) is 3.97. The van der Waals surface area contributed by atoms with Crippen LogP contribution >= 0.6 is 0 Å². The number of nitrogens with one attached hydrogen (secondary N) is 1. The summed E-state index contributed by atoms with van der Waals surface area (Å²) in [5, 5.41) is 3.57. The van der Waals surface area contributed by atoms with Gasteiger partial charge in [0.1, 0.15) is 11.6 Å². The molecule has 8 nitrogen and oxygen atoms in total. The van der Waals surface area contributed by atoms with Gasteiger partial charge in [-0.05, 0) is 31.2 Å². The molecule has 3 heterocycles. The Labute approximate surface area is 145 Å². The van der Waals surface area contributed by atoms with E-state index in [1.54, 1.807) is 17.9 Å². The Kier molecular flexibility index (Phi) is 4.97. The molecular formula is C17H21N5O3. The molecule has 0 aromatic carbocycles. The molecule has 1 fully saturated rings. The normalized spacial score (nSPS) is 14.5. The van der Waals surface area contributed by atoms with Gasteiger partial charge in [-0.15, -0.1) is 0 Å². The predicted molar refractivity (Wildman–Crippen MR) is 94.6 cm³/mol. The molecule has 0 spiro atoms. The third kappa shape index (κ3) is 3.96. The van der Waals surface area contributed by atoms with E-state index in [9.17, 15) is 9.59 Å². The predicted octanol–water partition coefficient (Wildman–Crippen LogP) is 1.87. The molecule has 1 saturated heterocycles. The van der Waals surface area contributed by atoms with E-state index in [4.69, 9.17) is 4.74 Å². The molecule has 8 heteroatoms. The van der Waals surface area contributed by atoms with E-state index in [0.29, 0.717) is 44.3 Å². The number of carbonyl (C=O) groups excluding carboxylic acids is 2. The molecular weight excluding hydrogens is 322 g/mol. The Bertz CT molecular complexity index is 787. The Morgan fingerprint density at radius 3 is 2.52 bits per heavy atom. The van der Waals surface area contributed by atoms with Gasteiger partial charge >= 0.3 is 6.09 Å². The van der Waals surface area contributed by atoms with Crippen molar-refractivity contribution in [3.63, 3.8) is 0 Å². The molecule has 2 amide bonds. The summed E-state index contributed by atoms with van der Waals surface area (Å²) in [5.41, 5.74) is 0.580. The number of piperazine rings is 1. The first-order valence-electron chi connectivity index (χ1n) is 8.29. The second-order valence-electron chi connectivity index (χ2n) is 5.77. The quantitative estimate of drug-likeness (QED) is 0.915. The lowest BCUT2D eigenvalue weighted by Crippen LogP contribution is -2.49. The van der Waals surface area contributed by atoms with Gasteiger partial charge in [-0.25, -0.2) is 14.8 Å². The second-order valence-corrected chi connectivity index (χ2v) is 5.77. The number of hydrogen-bond donors (Lipinski definition) is 1. The maximum atomic E-state index is 11.8. The zero-order chi connectivity index (χ0) is 17.8. The van der Waals surface area contributed by atoms with E-state index in [1.807, 2.05) is 18.2 Å². The van der Waals surface area contributed by atoms with Crippen LogP contribution in [0.3, 0.4) is 0 Å². The number of aromatic nitrogens is 2. The van der Waals surface area contributed by atoms with Crippen molar-refractivity contribution >= 4 is 34.7 Å². The fourth-order valence-corrected chi connectivity index (χ4v) is 2.75. The zero-order valence-corrected chi connectivity index (χ0v) is 14.4. The number of ether oxygens (including phenoxy) is 1. The van der Waals surface area contributed by atoms with Crippen LogP contribution in [0.15, 0.2) is 24.3 Å². The molecule has 0 radical (unpaired) electrons. The number of anilines is 2. The molecule has 0 unspecified atom stereocenters. The van der Waals surface area contributed by atoms with Crippen LogP contribution in [0.25, 0.3) is 11.0 Å². The number of pyridine rings is 2. The summed E-state index contributed by atoms with van der Waals surface area (Å²) in [7, 11) is 0. The highest BCUT2D eigenvalue weighted by atomic mass is 16.6. The first-order valence-corrected chi connectivity index (χ1v) is 8.29. The summed E-state index contributed by atoms with van der Waals surface area (Å²) in [4.78, 5) is 35.7. The highest BCUT2D eigenvalue weighted by Gasteiger charge is 2.22. The van der Waals surface area contributed by atoms with Gasteiger partial charge in [-0.2, -0.15) is 0 Å². The molecule has 25 heavy (non-hydrogen) atoms. The van der Waals surface area contributed by atoms with Crippen molar-refractivity contribution in [1.29, 1.82) is 0 Å². The smallest absolute Gasteiger partial charge is 0.409 e. The lowest BCUT2D eigenvalue weighted by molar-refractivity contribution is -0.114. The molecule has 3 rings (SSSR count). The fraction of sp³-hybridized carbons (Fsp3) is 0.412. The summed E-state index contributed by atoms with van der Waals surface area (Å²) >= 11 is 0. The monoisotopic (exact) mass is 343 g/mol. The first-order chi connectivity index (χ1) is 12.1. The SMILES string of the molecule is CCOC(=O)N1CCN(c2ccc3ccc(NC(C)=O)nc3n2)CC1. The molecule has 0 bridgehead atoms. The van der Waals surface area contributed by atoms with Crippen molar-refractivity contribution in [2.75, 3.05) is 43.0 Å². The van der Waals surface area contributed by atoms with E-state index in [1.165, 1.54) is 6.92 Å². The Hall–Kier alpha value is -2.90. The number of rotatable bonds is 3. The molecule has 2 aromatic rings. The van der Waals surface area contributed by atoms with Crippen LogP contribution in [-0.2, 0) is 9.53 Å². The minimum Gasteiger partial charge on any atom is -0.450 e. The minimum absolute atomic E-state index is 0.168. The van der Waals surface area contributed by atoms with E-state index >= 15 is 0 Å². The molecule has 132 valence electrons. The number of carbonyl (C=O) groups is 2. The van der Waals surface area contributed by atoms with Crippen LogP contribution in [-0.4, -0.2) is 59.7 Å². The fourth-order valence-electron chi connectivity index (χ4n) is 2.75. The average Bonchev–Trinajstić information content (AvgIpc) is 2.61. The van der Waals surface area contributed by atoms with Gasteiger partial charge in [-0.1, -0.05) is 0 Å². The number of amides is 2. The van der Waals surface area contributed by atoms with E-state index in [-0.39, 0.29) is 12.0 Å². The second kappa shape index (κ2) is 7.33. The standard InChI is InChI=1S/C17H21N5O3/c1-3-25-17(24)22-10-8-21(9-11-22)15-7-5-13-4-6-14(18-12(2)23)19-16(13)20-15/h4-7H,3,8-11H2,1-2H3,(H,18,19,20,23). The van der Waals surface area contributed by atoms with Crippen LogP contribution < -0.4 is 10.2 Å². The van der Waals surface area contributed by atoms with Crippen molar-refractivity contribution in [2.45, 2.75) is 13.8 Å². The largest absolute Gasteiger partial charge is 0.450 e. The zero-order valence-electron chi connectivity index (χ0n) is 14.4. The van der Waals surface area contributed by atoms with Crippen LogP contribution in [0.5, 0.6) is 0 Å². The summed E-state index contributed by atoms with van der Waals surface area (Å²) in [5.74, 6) is 1.12. The van der Waals surface area contributed by atoms with Gasteiger partial charge in [-0.3, -0.25) is 4.79 Å². The van der Waals surface area contributed by atoms with Crippen molar-refractivity contribution in [2.24, 2.45) is 0 Å². The average molecular weight is 343 g/mol. The number of fused-ring (bicyclic) bond motifs is 1. The van der Waals surface area contributed by atoms with Crippen molar-refractivity contribution in [3.05, 3.63) is 24.3 Å². The van der Waals surface area contributed by atoms with Crippen LogP contribution in [0.1, 0.15) is 13.8 Å². The molecule has 1 aliphatic rings. The van der Waals surface area contributed by atoms with Gasteiger partial charge < -0.3 is 19.9 Å². The minimum atomic E-state index is -0.268. The van der Waals surface area contributed by atoms with Crippen molar-refractivity contribution in [3.8, 4) is 0 Å². The lowest BCUT2D eigenvalue weighted by Gasteiger charge is -2.34. The van der Waals surface area contributed by atoms with Gasteiger partial charge in [0, 0.05) is 38.5 Å². The van der Waals surface area contributed by atoms with E-state index < -0.39 is 0 Å². The van der Waals surface area contributed by atoms with Crippen molar-refractivity contribution in [1.82, 2.24) is 14.9 Å². The number of nitrogens with zero attached hydrogens (tertiary/aromatic N) is 4. The first kappa shape index (κ1) is 16.9. The van der Waals surface area contributed by atoms with Crippen LogP contribution in [0.4, 0.5) is 16.4 Å². The molecule has 0 saturated carbocycles. The molecule has 2 aromatic heterocycles. The Morgan fingerprint density at radius 1 is 1.12 bits per heavy atom. The summed E-state index contributed by atoms with van der Waals surface area (Å²) in [6.45, 7) is 6.18. The Morgan fingerprint density at radius 2 is 1.84 bits per heavy atom. The molecule has 0 aliphatic carbocycles. The summed E-state index contributed by atoms with van der Waals surface area (Å²) in [6.07, 6.45) is -0.268. The van der Waals surface area contributed by atoms with Gasteiger partial charge in [0.05, 0.1) is 6.61 Å². The van der Waals surface area contributed by atoms with Gasteiger partial charge in [0.25, 0.3) is 0 Å². The van der Waals surface area contributed by atoms with Gasteiger partial charge in [0.2, 0.25) is 5.91 Å². The van der Waals surface area contributed by atoms with Gasteiger partial charge in [0.15, 0.2) is 5.65 Å². The summed E-state index contributed by atoms with van der Waals surface area (Å²) in [6, 6.07) is 7.54. The highest BCUT2D eigenvalue weighted by Crippen LogP contribution is 2.20. The van der Waals surface area contributed by atoms with Crippen LogP contribution in [0, 0.1) is 0 Å². The van der Waals surface area contributed by atoms with Crippen LogP contribution in [0.2, 0.25) is 0 Å². The molecule has 1 N–H and O–H groups in total. The topological polar surface area (TPSA) is 87.7 Å². The Balaban J connectivity index is 1.73. The molecule has 0 atom stereocenters. The van der Waals surface area contributed by atoms with Crippen molar-refractivity contribution < 1.29 is 14.3 Å². The van der Waals surface area contributed by atoms with E-state index in [0.717, 1.165) is 11.2 Å². The van der Waals surface area contributed by atoms with E-state index in [2.05, 4.69) is 20.2 Å². The lowest BCUT2D eigenvalue weighted by atomic mass is 10.2. The maximum Gasteiger partial charge on any atom is 0.409 e. The number of hydrogen-bond acceptors (Lipinski definition) is 6. The summed E-state index contributed by atoms with van der Waals surface area (Å²) < 4.78 is 5.03. The maximum absolute atomic E-state index is 11.8.